The highest BCUT2D eigenvalue weighted by Crippen LogP contribution is 2.23. The van der Waals surface area contributed by atoms with E-state index in [0.717, 1.165) is 10.0 Å². The number of hydrogen-bond donors (Lipinski definition) is 1. The van der Waals surface area contributed by atoms with Crippen LogP contribution < -0.4 is 5.32 Å². The van der Waals surface area contributed by atoms with Crippen LogP contribution in [0.25, 0.3) is 0 Å². The fourth-order valence-electron chi connectivity index (χ4n) is 1.32. The van der Waals surface area contributed by atoms with Crippen molar-refractivity contribution < 1.29 is 9.21 Å². The first-order valence-electron chi connectivity index (χ1n) is 4.91. The Morgan fingerprint density at radius 3 is 2.88 bits per heavy atom. The first-order valence-corrected chi connectivity index (χ1v) is 6.08. The molecule has 3 nitrogen and oxygen atoms in total. The number of carbonyl (C=O) groups excluding carboxylic acids is 1. The van der Waals surface area contributed by atoms with Crippen molar-refractivity contribution in [2.45, 2.75) is 6.54 Å². The van der Waals surface area contributed by atoms with Crippen molar-refractivity contribution in [2.75, 3.05) is 0 Å². The zero-order valence-electron chi connectivity index (χ0n) is 8.74. The van der Waals surface area contributed by atoms with Gasteiger partial charge in [0.2, 0.25) is 0 Å². The van der Waals surface area contributed by atoms with Crippen molar-refractivity contribution in [1.29, 1.82) is 0 Å². The molecule has 0 aliphatic rings. The second kappa shape index (κ2) is 5.38. The van der Waals surface area contributed by atoms with Gasteiger partial charge in [-0.25, -0.2) is 0 Å². The average molecular weight is 315 g/mol. The van der Waals surface area contributed by atoms with Gasteiger partial charge in [-0.05, 0) is 40.2 Å². The SMILES string of the molecule is O=C(NCc1ccoc1)c1ccc(Br)c(Cl)c1. The molecule has 0 fully saturated rings. The summed E-state index contributed by atoms with van der Waals surface area (Å²) in [5, 5.41) is 3.29. The molecule has 17 heavy (non-hydrogen) atoms. The Bertz CT molecular complexity index is 525. The number of amides is 1. The topological polar surface area (TPSA) is 42.2 Å². The summed E-state index contributed by atoms with van der Waals surface area (Å²) in [6.07, 6.45) is 3.16. The van der Waals surface area contributed by atoms with Crippen LogP contribution in [0, 0.1) is 0 Å². The van der Waals surface area contributed by atoms with E-state index in [-0.39, 0.29) is 5.91 Å². The van der Waals surface area contributed by atoms with Crippen molar-refractivity contribution >= 4 is 33.4 Å². The summed E-state index contributed by atoms with van der Waals surface area (Å²) in [5.74, 6) is -0.166. The van der Waals surface area contributed by atoms with Crippen LogP contribution in [0.2, 0.25) is 5.02 Å². The second-order valence-corrected chi connectivity index (χ2v) is 4.70. The van der Waals surface area contributed by atoms with Gasteiger partial charge in [-0.2, -0.15) is 0 Å². The van der Waals surface area contributed by atoms with Crippen LogP contribution in [0.3, 0.4) is 0 Å². The summed E-state index contributed by atoms with van der Waals surface area (Å²) in [6.45, 7) is 0.434. The second-order valence-electron chi connectivity index (χ2n) is 3.44. The standard InChI is InChI=1S/C12H9BrClNO2/c13-10-2-1-9(5-11(10)14)12(16)15-6-8-3-4-17-7-8/h1-5,7H,6H2,(H,15,16). The molecule has 0 spiro atoms. The van der Waals surface area contributed by atoms with Crippen LogP contribution in [0.1, 0.15) is 15.9 Å². The van der Waals surface area contributed by atoms with Crippen LogP contribution in [-0.2, 0) is 6.54 Å². The fraction of sp³-hybridized carbons (Fsp3) is 0.0833. The third-order valence-electron chi connectivity index (χ3n) is 2.21. The number of rotatable bonds is 3. The van der Waals surface area contributed by atoms with Gasteiger partial charge < -0.3 is 9.73 Å². The highest BCUT2D eigenvalue weighted by Gasteiger charge is 2.07. The predicted octanol–water partition coefficient (Wildman–Crippen LogP) is 3.63. The molecule has 1 N–H and O–H groups in total. The molecule has 0 atom stereocenters. The highest BCUT2D eigenvalue weighted by molar-refractivity contribution is 9.10. The van der Waals surface area contributed by atoms with E-state index in [1.165, 1.54) is 0 Å². The molecule has 0 radical (unpaired) electrons. The molecule has 0 aliphatic carbocycles. The van der Waals surface area contributed by atoms with Gasteiger partial charge in [-0.15, -0.1) is 0 Å². The highest BCUT2D eigenvalue weighted by atomic mass is 79.9. The van der Waals surface area contributed by atoms with Gasteiger partial charge in [0, 0.05) is 22.1 Å². The van der Waals surface area contributed by atoms with E-state index in [1.54, 1.807) is 36.8 Å². The molecular weight excluding hydrogens is 305 g/mol. The van der Waals surface area contributed by atoms with E-state index in [1.807, 2.05) is 0 Å². The van der Waals surface area contributed by atoms with Gasteiger partial charge in [0.05, 0.1) is 17.5 Å². The fourth-order valence-corrected chi connectivity index (χ4v) is 1.74. The number of halogens is 2. The van der Waals surface area contributed by atoms with Crippen LogP contribution in [0.4, 0.5) is 0 Å². The lowest BCUT2D eigenvalue weighted by atomic mass is 10.2. The van der Waals surface area contributed by atoms with Crippen molar-refractivity contribution in [2.24, 2.45) is 0 Å². The van der Waals surface area contributed by atoms with E-state index in [0.29, 0.717) is 17.1 Å². The first-order chi connectivity index (χ1) is 8.16. The predicted molar refractivity (Wildman–Crippen MR) is 69.0 cm³/mol. The lowest BCUT2D eigenvalue weighted by Gasteiger charge is -2.04. The molecule has 1 amide bonds. The quantitative estimate of drug-likeness (QED) is 0.940. The molecule has 0 saturated carbocycles. The average Bonchev–Trinajstić information content (AvgIpc) is 2.82. The number of furan rings is 1. The number of benzene rings is 1. The van der Waals surface area contributed by atoms with Gasteiger partial charge in [-0.1, -0.05) is 11.6 Å². The lowest BCUT2D eigenvalue weighted by molar-refractivity contribution is 0.0951. The number of nitrogens with one attached hydrogen (secondary N) is 1. The number of carbonyl (C=O) groups is 1. The van der Waals surface area contributed by atoms with Gasteiger partial charge >= 0.3 is 0 Å². The van der Waals surface area contributed by atoms with Gasteiger partial charge in [0.25, 0.3) is 5.91 Å². The zero-order chi connectivity index (χ0) is 12.3. The van der Waals surface area contributed by atoms with Crippen molar-refractivity contribution in [1.82, 2.24) is 5.32 Å². The van der Waals surface area contributed by atoms with Gasteiger partial charge in [0.1, 0.15) is 0 Å². The monoisotopic (exact) mass is 313 g/mol. The normalized spacial score (nSPS) is 10.2. The zero-order valence-corrected chi connectivity index (χ0v) is 11.1. The van der Waals surface area contributed by atoms with E-state index < -0.39 is 0 Å². The largest absolute Gasteiger partial charge is 0.472 e. The van der Waals surface area contributed by atoms with E-state index in [4.69, 9.17) is 16.0 Å². The van der Waals surface area contributed by atoms with Crippen LogP contribution in [0.5, 0.6) is 0 Å². The Morgan fingerprint density at radius 2 is 2.24 bits per heavy atom. The maximum absolute atomic E-state index is 11.8. The van der Waals surface area contributed by atoms with Crippen LogP contribution >= 0.6 is 27.5 Å². The lowest BCUT2D eigenvalue weighted by Crippen LogP contribution is -2.22. The summed E-state index contributed by atoms with van der Waals surface area (Å²) in [7, 11) is 0. The van der Waals surface area contributed by atoms with E-state index >= 15 is 0 Å². The molecule has 1 aromatic carbocycles. The maximum atomic E-state index is 11.8. The Hall–Kier alpha value is -1.26. The van der Waals surface area contributed by atoms with Crippen molar-refractivity contribution in [3.63, 3.8) is 0 Å². The summed E-state index contributed by atoms with van der Waals surface area (Å²) in [4.78, 5) is 11.8. The molecule has 5 heteroatoms. The Kier molecular flexibility index (Phi) is 3.86. The van der Waals surface area contributed by atoms with Crippen LogP contribution in [-0.4, -0.2) is 5.91 Å². The number of hydrogen-bond acceptors (Lipinski definition) is 2. The molecule has 2 aromatic rings. The molecule has 1 heterocycles. The first kappa shape index (κ1) is 12.2. The third-order valence-corrected chi connectivity index (χ3v) is 3.45. The van der Waals surface area contributed by atoms with E-state index in [9.17, 15) is 4.79 Å². The summed E-state index contributed by atoms with van der Waals surface area (Å²) in [6, 6.07) is 6.88. The minimum absolute atomic E-state index is 0.166. The molecular formula is C12H9BrClNO2. The molecule has 0 saturated heterocycles. The van der Waals surface area contributed by atoms with Gasteiger partial charge in [0.15, 0.2) is 0 Å². The van der Waals surface area contributed by atoms with Crippen molar-refractivity contribution in [3.8, 4) is 0 Å². The van der Waals surface area contributed by atoms with Crippen LogP contribution in [0.15, 0.2) is 45.7 Å². The van der Waals surface area contributed by atoms with E-state index in [2.05, 4.69) is 21.2 Å². The smallest absolute Gasteiger partial charge is 0.251 e. The maximum Gasteiger partial charge on any atom is 0.251 e. The van der Waals surface area contributed by atoms with Crippen molar-refractivity contribution in [3.05, 3.63) is 57.4 Å². The summed E-state index contributed by atoms with van der Waals surface area (Å²) < 4.78 is 5.68. The molecule has 0 unspecified atom stereocenters. The minimum Gasteiger partial charge on any atom is -0.472 e. The molecule has 88 valence electrons. The molecule has 0 aliphatic heterocycles. The Labute approximate surface area is 112 Å². The third kappa shape index (κ3) is 3.11. The summed E-state index contributed by atoms with van der Waals surface area (Å²) in [5.41, 5.74) is 1.45. The minimum atomic E-state index is -0.166. The Balaban J connectivity index is 2.02. The molecule has 0 bridgehead atoms. The molecule has 2 rings (SSSR count). The summed E-state index contributed by atoms with van der Waals surface area (Å²) >= 11 is 9.19. The van der Waals surface area contributed by atoms with Gasteiger partial charge in [-0.3, -0.25) is 4.79 Å². The molecule has 1 aromatic heterocycles. The Morgan fingerprint density at radius 1 is 1.41 bits per heavy atom.